The van der Waals surface area contributed by atoms with Gasteiger partial charge in [-0.25, -0.2) is 4.98 Å². The Labute approximate surface area is 143 Å². The third kappa shape index (κ3) is 3.82. The number of morpholine rings is 1. The normalized spacial score (nSPS) is 23.7. The minimum atomic E-state index is 0.468. The van der Waals surface area contributed by atoms with E-state index in [4.69, 9.17) is 10.5 Å². The zero-order valence-corrected chi connectivity index (χ0v) is 14.3. The van der Waals surface area contributed by atoms with Gasteiger partial charge in [-0.2, -0.15) is 4.59 Å². The molecule has 2 aliphatic heterocycles. The summed E-state index contributed by atoms with van der Waals surface area (Å²) in [7, 11) is 2.09. The molecule has 1 aromatic rings. The highest BCUT2D eigenvalue weighted by Gasteiger charge is 2.30. The Morgan fingerprint density at radius 2 is 2.12 bits per heavy atom. The number of nitrogens with zero attached hydrogens (tertiary/aromatic N) is 4. The van der Waals surface area contributed by atoms with E-state index in [1.807, 2.05) is 25.3 Å². The maximum Gasteiger partial charge on any atom is 0.212 e. The molecule has 1 aromatic heterocycles. The fourth-order valence-corrected chi connectivity index (χ4v) is 2.79. The van der Waals surface area contributed by atoms with E-state index in [1.165, 1.54) is 0 Å². The molecule has 1 unspecified atom stereocenters. The fourth-order valence-electron chi connectivity index (χ4n) is 2.79. The van der Waals surface area contributed by atoms with E-state index in [9.17, 15) is 0 Å². The molecule has 0 amide bonds. The summed E-state index contributed by atoms with van der Waals surface area (Å²) in [5, 5.41) is 4.60. The lowest BCUT2D eigenvalue weighted by molar-refractivity contribution is -0.872. The smallest absolute Gasteiger partial charge is 0.212 e. The summed E-state index contributed by atoms with van der Waals surface area (Å²) in [5.41, 5.74) is 8.70. The molecule has 0 bridgehead atoms. The van der Waals surface area contributed by atoms with Crippen molar-refractivity contribution in [2.75, 3.05) is 52.2 Å². The van der Waals surface area contributed by atoms with Gasteiger partial charge in [0.05, 0.1) is 38.6 Å². The molecule has 2 aliphatic rings. The second-order valence-corrected chi connectivity index (χ2v) is 6.33. The van der Waals surface area contributed by atoms with Crippen molar-refractivity contribution < 1.29 is 9.33 Å². The highest BCUT2D eigenvalue weighted by molar-refractivity contribution is 5.74. The molecular weight excluding hydrogens is 302 g/mol. The van der Waals surface area contributed by atoms with Crippen LogP contribution in [-0.2, 0) is 4.74 Å². The maximum absolute atomic E-state index is 5.91. The van der Waals surface area contributed by atoms with E-state index in [2.05, 4.69) is 33.9 Å². The number of rotatable bonds is 3. The van der Waals surface area contributed by atoms with Crippen LogP contribution in [0, 0.1) is 18.8 Å². The van der Waals surface area contributed by atoms with E-state index in [-0.39, 0.29) is 0 Å². The molecule has 1 saturated heterocycles. The van der Waals surface area contributed by atoms with Crippen LogP contribution in [-0.4, -0.2) is 67.1 Å². The minimum Gasteiger partial charge on any atom is -0.383 e. The highest BCUT2D eigenvalue weighted by Crippen LogP contribution is 2.20. The van der Waals surface area contributed by atoms with Crippen molar-refractivity contribution in [1.82, 2.24) is 9.88 Å². The molecule has 0 aromatic carbocycles. The first-order chi connectivity index (χ1) is 11.6. The molecule has 0 saturated carbocycles. The number of quaternary nitrogens is 1. The van der Waals surface area contributed by atoms with Gasteiger partial charge >= 0.3 is 0 Å². The van der Waals surface area contributed by atoms with Gasteiger partial charge in [0.1, 0.15) is 12.4 Å². The van der Waals surface area contributed by atoms with Crippen LogP contribution in [0.5, 0.6) is 0 Å². The topological polar surface area (TPSA) is 63.7 Å². The number of allylic oxidation sites excluding steroid dienone is 2. The van der Waals surface area contributed by atoms with Crippen molar-refractivity contribution in [3.05, 3.63) is 35.2 Å². The fraction of sp³-hybridized carbons (Fsp3) is 0.444. The van der Waals surface area contributed by atoms with Crippen LogP contribution in [0.15, 0.2) is 29.1 Å². The Balaban J connectivity index is 1.69. The summed E-state index contributed by atoms with van der Waals surface area (Å²) in [4.78, 5) is 6.57. The summed E-state index contributed by atoms with van der Waals surface area (Å²) in [6.07, 6.45) is 5.56. The lowest BCUT2D eigenvalue weighted by Crippen LogP contribution is -2.45. The van der Waals surface area contributed by atoms with Crippen molar-refractivity contribution in [2.24, 2.45) is 5.10 Å². The zero-order chi connectivity index (χ0) is 17.0. The monoisotopic (exact) mass is 326 g/mol. The number of nitrogen functional groups attached to an aromatic ring is 1. The number of anilines is 1. The Kier molecular flexibility index (Phi) is 4.95. The molecule has 126 valence electrons. The highest BCUT2D eigenvalue weighted by atomic mass is 16.5. The number of ether oxygens (including phenoxy) is 1. The van der Waals surface area contributed by atoms with E-state index >= 15 is 0 Å². The zero-order valence-electron chi connectivity index (χ0n) is 14.3. The molecule has 0 aliphatic carbocycles. The summed E-state index contributed by atoms with van der Waals surface area (Å²) < 4.78 is 5.87. The lowest BCUT2D eigenvalue weighted by atomic mass is 10.2. The van der Waals surface area contributed by atoms with Crippen molar-refractivity contribution in [3.8, 4) is 11.8 Å². The summed E-state index contributed by atoms with van der Waals surface area (Å²) in [6.45, 7) is 7.45. The minimum absolute atomic E-state index is 0.468. The third-order valence-electron chi connectivity index (χ3n) is 4.41. The van der Waals surface area contributed by atoms with Crippen LogP contribution in [0.4, 0.5) is 5.82 Å². The van der Waals surface area contributed by atoms with Crippen molar-refractivity contribution >= 4 is 12.0 Å². The first-order valence-corrected chi connectivity index (χ1v) is 8.23. The van der Waals surface area contributed by atoms with Gasteiger partial charge in [-0.05, 0) is 24.5 Å². The first-order valence-electron chi connectivity index (χ1n) is 8.23. The number of hydrogen-bond donors (Lipinski definition) is 1. The van der Waals surface area contributed by atoms with Gasteiger partial charge in [-0.1, -0.05) is 11.0 Å². The number of hydrogen-bond acceptors (Lipinski definition) is 5. The molecule has 0 spiro atoms. The van der Waals surface area contributed by atoms with Crippen LogP contribution >= 0.6 is 0 Å². The average molecular weight is 326 g/mol. The predicted octanol–water partition coefficient (Wildman–Crippen LogP) is 0.986. The van der Waals surface area contributed by atoms with Gasteiger partial charge < -0.3 is 10.5 Å². The van der Waals surface area contributed by atoms with Crippen LogP contribution in [0.25, 0.3) is 0 Å². The molecular formula is C18H24N5O+. The van der Waals surface area contributed by atoms with Crippen LogP contribution in [0.1, 0.15) is 11.1 Å². The van der Waals surface area contributed by atoms with Crippen molar-refractivity contribution in [1.29, 1.82) is 0 Å². The van der Waals surface area contributed by atoms with Gasteiger partial charge in [0.2, 0.25) is 5.70 Å². The summed E-state index contributed by atoms with van der Waals surface area (Å²) in [6, 6.07) is 1.96. The number of pyridine rings is 1. The Morgan fingerprint density at radius 1 is 1.33 bits per heavy atom. The molecule has 6 heteroatoms. The molecule has 3 heterocycles. The van der Waals surface area contributed by atoms with Crippen LogP contribution in [0.3, 0.4) is 0 Å². The maximum atomic E-state index is 5.91. The van der Waals surface area contributed by atoms with E-state index in [0.29, 0.717) is 10.4 Å². The van der Waals surface area contributed by atoms with Gasteiger partial charge in [-0.15, -0.1) is 0 Å². The SMILES string of the molecule is Cc1cnc(N)c(C#CC2=CC=N[N+]2(C)CCN2CCOCC2)c1. The molecule has 1 fully saturated rings. The Hall–Kier alpha value is -2.20. The van der Waals surface area contributed by atoms with E-state index in [0.717, 1.165) is 56.2 Å². The number of aryl methyl sites for hydroxylation is 1. The van der Waals surface area contributed by atoms with Gasteiger partial charge in [0, 0.05) is 25.4 Å². The number of likely N-dealkylation sites (N-methyl/N-ethyl adjacent to an activating group) is 1. The summed E-state index contributed by atoms with van der Waals surface area (Å²) >= 11 is 0. The average Bonchev–Trinajstić information content (AvgIpc) is 2.96. The standard InChI is InChI=1S/C18H24N5O/c1-15-13-16(18(19)20-14-15)3-4-17-5-6-21-23(17,2)10-7-22-8-11-24-12-9-22/h5-6,13-14H,7-12H2,1-2H3,(H2,19,20)/q+1. The molecule has 0 radical (unpaired) electrons. The Morgan fingerprint density at radius 3 is 2.92 bits per heavy atom. The molecule has 1 atom stereocenters. The third-order valence-corrected chi connectivity index (χ3v) is 4.41. The molecule has 3 rings (SSSR count). The predicted molar refractivity (Wildman–Crippen MR) is 95.1 cm³/mol. The first kappa shape index (κ1) is 16.7. The van der Waals surface area contributed by atoms with Crippen LogP contribution < -0.4 is 5.73 Å². The van der Waals surface area contributed by atoms with E-state index < -0.39 is 0 Å². The second kappa shape index (κ2) is 7.14. The van der Waals surface area contributed by atoms with E-state index in [1.54, 1.807) is 6.20 Å². The largest absolute Gasteiger partial charge is 0.383 e. The quantitative estimate of drug-likeness (QED) is 0.664. The lowest BCUT2D eigenvalue weighted by Gasteiger charge is -2.30. The van der Waals surface area contributed by atoms with Crippen molar-refractivity contribution in [3.63, 3.8) is 0 Å². The molecule has 2 N–H and O–H groups in total. The number of aromatic nitrogens is 1. The van der Waals surface area contributed by atoms with Gasteiger partial charge in [0.25, 0.3) is 0 Å². The number of nitrogens with two attached hydrogens (primary N) is 1. The summed E-state index contributed by atoms with van der Waals surface area (Å²) in [5.74, 6) is 6.86. The van der Waals surface area contributed by atoms with Crippen molar-refractivity contribution in [2.45, 2.75) is 6.92 Å². The second-order valence-electron chi connectivity index (χ2n) is 6.33. The van der Waals surface area contributed by atoms with Gasteiger partial charge in [0.15, 0.2) is 0 Å². The molecule has 24 heavy (non-hydrogen) atoms. The van der Waals surface area contributed by atoms with Gasteiger partial charge in [-0.3, -0.25) is 4.90 Å². The Bertz CT molecular complexity index is 725. The van der Waals surface area contributed by atoms with Crippen LogP contribution in [0.2, 0.25) is 0 Å². The molecule has 6 nitrogen and oxygen atoms in total.